The smallest absolute Gasteiger partial charge is 0.0589 e. The number of rotatable bonds is 7. The minimum atomic E-state index is 0.799. The molecular formula is C10H19N3O. The molecule has 0 unspecified atom stereocenters. The molecule has 0 fully saturated rings. The minimum absolute atomic E-state index is 0.799. The van der Waals surface area contributed by atoms with Gasteiger partial charge in [0.25, 0.3) is 0 Å². The van der Waals surface area contributed by atoms with Gasteiger partial charge in [-0.2, -0.15) is 5.10 Å². The predicted molar refractivity (Wildman–Crippen MR) is 56.2 cm³/mol. The number of nitrogens with zero attached hydrogens (tertiary/aromatic N) is 3. The third kappa shape index (κ3) is 3.89. The van der Waals surface area contributed by atoms with Gasteiger partial charge >= 0.3 is 0 Å². The SMILES string of the molecule is CCN(CCOC)CCn1cccn1. The number of methoxy groups -OCH3 is 1. The highest BCUT2D eigenvalue weighted by Crippen LogP contribution is 1.91. The summed E-state index contributed by atoms with van der Waals surface area (Å²) in [5.41, 5.74) is 0. The monoisotopic (exact) mass is 197 g/mol. The van der Waals surface area contributed by atoms with Gasteiger partial charge in [0.15, 0.2) is 0 Å². The van der Waals surface area contributed by atoms with E-state index in [4.69, 9.17) is 4.74 Å². The summed E-state index contributed by atoms with van der Waals surface area (Å²) in [7, 11) is 1.74. The Balaban J connectivity index is 2.20. The van der Waals surface area contributed by atoms with Gasteiger partial charge in [0.05, 0.1) is 13.2 Å². The maximum Gasteiger partial charge on any atom is 0.0589 e. The summed E-state index contributed by atoms with van der Waals surface area (Å²) >= 11 is 0. The van der Waals surface area contributed by atoms with Crippen molar-refractivity contribution in [3.63, 3.8) is 0 Å². The molecule has 0 aliphatic carbocycles. The molecule has 0 bridgehead atoms. The Morgan fingerprint density at radius 1 is 1.43 bits per heavy atom. The lowest BCUT2D eigenvalue weighted by molar-refractivity contribution is 0.148. The van der Waals surface area contributed by atoms with Gasteiger partial charge < -0.3 is 4.74 Å². The van der Waals surface area contributed by atoms with Crippen molar-refractivity contribution in [1.29, 1.82) is 0 Å². The minimum Gasteiger partial charge on any atom is -0.383 e. The maximum absolute atomic E-state index is 5.05. The summed E-state index contributed by atoms with van der Waals surface area (Å²) in [4.78, 5) is 2.35. The predicted octanol–water partition coefficient (Wildman–Crippen LogP) is 0.851. The molecule has 1 rings (SSSR count). The van der Waals surface area contributed by atoms with Crippen LogP contribution in [0.2, 0.25) is 0 Å². The van der Waals surface area contributed by atoms with Gasteiger partial charge in [0.1, 0.15) is 0 Å². The lowest BCUT2D eigenvalue weighted by Gasteiger charge is -2.19. The molecule has 1 aromatic rings. The van der Waals surface area contributed by atoms with Crippen LogP contribution in [-0.4, -0.2) is 48.0 Å². The number of ether oxygens (including phenoxy) is 1. The topological polar surface area (TPSA) is 30.3 Å². The zero-order chi connectivity index (χ0) is 10.2. The molecule has 0 radical (unpaired) electrons. The Kier molecular flexibility index (Phi) is 5.25. The zero-order valence-electron chi connectivity index (χ0n) is 9.02. The van der Waals surface area contributed by atoms with Crippen molar-refractivity contribution >= 4 is 0 Å². The van der Waals surface area contributed by atoms with E-state index in [2.05, 4.69) is 16.9 Å². The van der Waals surface area contributed by atoms with Crippen LogP contribution in [0.25, 0.3) is 0 Å². The van der Waals surface area contributed by atoms with E-state index in [0.717, 1.165) is 32.8 Å². The lowest BCUT2D eigenvalue weighted by atomic mass is 10.4. The van der Waals surface area contributed by atoms with Crippen LogP contribution >= 0.6 is 0 Å². The lowest BCUT2D eigenvalue weighted by Crippen LogP contribution is -2.30. The second kappa shape index (κ2) is 6.56. The fraction of sp³-hybridized carbons (Fsp3) is 0.700. The molecule has 0 aliphatic rings. The van der Waals surface area contributed by atoms with E-state index < -0.39 is 0 Å². The second-order valence-corrected chi connectivity index (χ2v) is 3.20. The van der Waals surface area contributed by atoms with Crippen molar-refractivity contribution in [3.05, 3.63) is 18.5 Å². The first-order valence-corrected chi connectivity index (χ1v) is 5.05. The Morgan fingerprint density at radius 2 is 2.29 bits per heavy atom. The van der Waals surface area contributed by atoms with E-state index in [1.165, 1.54) is 0 Å². The van der Waals surface area contributed by atoms with Crippen molar-refractivity contribution in [2.24, 2.45) is 0 Å². The number of likely N-dealkylation sites (N-methyl/N-ethyl adjacent to an activating group) is 1. The molecule has 1 heterocycles. The molecule has 4 heteroatoms. The van der Waals surface area contributed by atoms with E-state index in [1.54, 1.807) is 7.11 Å². The van der Waals surface area contributed by atoms with Gasteiger partial charge in [-0.05, 0) is 12.6 Å². The molecule has 80 valence electrons. The highest BCUT2D eigenvalue weighted by atomic mass is 16.5. The molecule has 0 spiro atoms. The largest absolute Gasteiger partial charge is 0.383 e. The number of hydrogen-bond donors (Lipinski definition) is 0. The van der Waals surface area contributed by atoms with Gasteiger partial charge in [-0.1, -0.05) is 6.92 Å². The van der Waals surface area contributed by atoms with Crippen molar-refractivity contribution in [2.45, 2.75) is 13.5 Å². The first kappa shape index (κ1) is 11.2. The Hall–Kier alpha value is -0.870. The normalized spacial score (nSPS) is 11.1. The van der Waals surface area contributed by atoms with Gasteiger partial charge in [-0.25, -0.2) is 0 Å². The van der Waals surface area contributed by atoms with Gasteiger partial charge in [0.2, 0.25) is 0 Å². The van der Waals surface area contributed by atoms with Crippen LogP contribution in [0.3, 0.4) is 0 Å². The van der Waals surface area contributed by atoms with Crippen molar-refractivity contribution < 1.29 is 4.74 Å². The summed E-state index contributed by atoms with van der Waals surface area (Å²) in [5, 5.41) is 4.16. The summed E-state index contributed by atoms with van der Waals surface area (Å²) in [6.45, 7) is 7.00. The Labute approximate surface area is 85.5 Å². The number of aromatic nitrogens is 2. The van der Waals surface area contributed by atoms with E-state index in [1.807, 2.05) is 23.1 Å². The zero-order valence-corrected chi connectivity index (χ0v) is 9.02. The fourth-order valence-corrected chi connectivity index (χ4v) is 1.33. The molecule has 0 aromatic carbocycles. The van der Waals surface area contributed by atoms with Crippen LogP contribution in [0, 0.1) is 0 Å². The van der Waals surface area contributed by atoms with Crippen molar-refractivity contribution in [3.8, 4) is 0 Å². The molecule has 14 heavy (non-hydrogen) atoms. The first-order valence-electron chi connectivity index (χ1n) is 5.05. The van der Waals surface area contributed by atoms with Crippen LogP contribution in [0.5, 0.6) is 0 Å². The first-order chi connectivity index (χ1) is 6.86. The van der Waals surface area contributed by atoms with Crippen molar-refractivity contribution in [2.75, 3.05) is 33.4 Å². The molecule has 0 N–H and O–H groups in total. The maximum atomic E-state index is 5.05. The van der Waals surface area contributed by atoms with Crippen LogP contribution in [0.1, 0.15) is 6.92 Å². The molecule has 0 amide bonds. The van der Waals surface area contributed by atoms with Crippen molar-refractivity contribution in [1.82, 2.24) is 14.7 Å². The van der Waals surface area contributed by atoms with Crippen LogP contribution in [0.4, 0.5) is 0 Å². The molecule has 4 nitrogen and oxygen atoms in total. The van der Waals surface area contributed by atoms with Gasteiger partial charge in [-0.15, -0.1) is 0 Å². The van der Waals surface area contributed by atoms with Crippen LogP contribution < -0.4 is 0 Å². The fourth-order valence-electron chi connectivity index (χ4n) is 1.33. The van der Waals surface area contributed by atoms with E-state index in [-0.39, 0.29) is 0 Å². The summed E-state index contributed by atoms with van der Waals surface area (Å²) in [6.07, 6.45) is 3.80. The van der Waals surface area contributed by atoms with Gasteiger partial charge in [-0.3, -0.25) is 9.58 Å². The molecular weight excluding hydrogens is 178 g/mol. The quantitative estimate of drug-likeness (QED) is 0.649. The highest BCUT2D eigenvalue weighted by Gasteiger charge is 2.01. The molecule has 0 atom stereocenters. The van der Waals surface area contributed by atoms with Gasteiger partial charge in [0, 0.05) is 32.6 Å². The summed E-state index contributed by atoms with van der Waals surface area (Å²) < 4.78 is 7.00. The Morgan fingerprint density at radius 3 is 2.86 bits per heavy atom. The molecule has 1 aromatic heterocycles. The molecule has 0 saturated heterocycles. The second-order valence-electron chi connectivity index (χ2n) is 3.20. The third-order valence-corrected chi connectivity index (χ3v) is 2.26. The Bertz CT molecular complexity index is 223. The number of hydrogen-bond acceptors (Lipinski definition) is 3. The third-order valence-electron chi connectivity index (χ3n) is 2.26. The average Bonchev–Trinajstić information content (AvgIpc) is 2.71. The summed E-state index contributed by atoms with van der Waals surface area (Å²) in [5.74, 6) is 0. The molecule has 0 saturated carbocycles. The average molecular weight is 197 g/mol. The summed E-state index contributed by atoms with van der Waals surface area (Å²) in [6, 6.07) is 1.95. The van der Waals surface area contributed by atoms with E-state index in [9.17, 15) is 0 Å². The van der Waals surface area contributed by atoms with E-state index in [0.29, 0.717) is 0 Å². The highest BCUT2D eigenvalue weighted by molar-refractivity contribution is 4.77. The van der Waals surface area contributed by atoms with E-state index >= 15 is 0 Å². The van der Waals surface area contributed by atoms with Crippen LogP contribution in [-0.2, 0) is 11.3 Å². The van der Waals surface area contributed by atoms with Crippen LogP contribution in [0.15, 0.2) is 18.5 Å². The standard InChI is InChI=1S/C10H19N3O/c1-3-12(9-10-14-2)7-8-13-6-4-5-11-13/h4-6H,3,7-10H2,1-2H3. The molecule has 0 aliphatic heterocycles.